The fourth-order valence-electron chi connectivity index (χ4n) is 1.63. The summed E-state index contributed by atoms with van der Waals surface area (Å²) in [6.07, 6.45) is 0. The lowest BCUT2D eigenvalue weighted by atomic mass is 10.4. The molecule has 0 aliphatic carbocycles. The maximum atomic E-state index is 12.1. The van der Waals surface area contributed by atoms with E-state index in [0.29, 0.717) is 18.1 Å². The molecule has 2 N–H and O–H groups in total. The van der Waals surface area contributed by atoms with Crippen molar-refractivity contribution in [2.45, 2.75) is 4.90 Å². The third-order valence-corrected chi connectivity index (χ3v) is 4.64. The Morgan fingerprint density at radius 1 is 1.00 bits per heavy atom. The van der Waals surface area contributed by atoms with Gasteiger partial charge < -0.3 is 10.2 Å². The van der Waals surface area contributed by atoms with Gasteiger partial charge in [-0.15, -0.1) is 0 Å². The third-order valence-electron chi connectivity index (χ3n) is 2.68. The first-order chi connectivity index (χ1) is 8.99. The molecule has 0 aliphatic heterocycles. The predicted molar refractivity (Wildman–Crippen MR) is 74.1 cm³/mol. The van der Waals surface area contributed by atoms with E-state index in [-0.39, 0.29) is 30.4 Å². The van der Waals surface area contributed by atoms with Crippen molar-refractivity contribution in [3.8, 4) is 0 Å². The molecule has 0 aromatic heterocycles. The molecule has 1 aromatic carbocycles. The number of benzene rings is 1. The number of aliphatic hydroxyl groups excluding tert-OH is 2. The molecule has 0 fully saturated rings. The van der Waals surface area contributed by atoms with Crippen molar-refractivity contribution in [2.75, 3.05) is 38.6 Å². The summed E-state index contributed by atoms with van der Waals surface area (Å²) in [6, 6.07) is 6.02. The number of halogens is 1. The molecule has 7 heteroatoms. The van der Waals surface area contributed by atoms with Gasteiger partial charge in [-0.25, -0.2) is 8.42 Å². The Morgan fingerprint density at radius 2 is 1.53 bits per heavy atom. The molecular formula is C12H18ClNO4S. The molecule has 0 saturated heterocycles. The Morgan fingerprint density at radius 3 is 2.00 bits per heavy atom. The molecule has 108 valence electrons. The third kappa shape index (κ3) is 5.46. The van der Waals surface area contributed by atoms with Gasteiger partial charge in [-0.1, -0.05) is 11.6 Å². The van der Waals surface area contributed by atoms with Crippen molar-refractivity contribution < 1.29 is 18.6 Å². The standard InChI is InChI=1S/C12H18ClNO4S/c13-11-1-3-12(4-2-11)19(17,18)10-7-14(5-8-15)6-9-16/h1-4,15-16H,5-10H2. The van der Waals surface area contributed by atoms with Crippen LogP contribution in [0.2, 0.25) is 5.02 Å². The molecule has 0 radical (unpaired) electrons. The molecule has 1 rings (SSSR count). The molecule has 0 bridgehead atoms. The van der Waals surface area contributed by atoms with Crippen LogP contribution in [-0.4, -0.2) is 62.1 Å². The van der Waals surface area contributed by atoms with Gasteiger partial charge in [0.25, 0.3) is 0 Å². The van der Waals surface area contributed by atoms with Crippen LogP contribution < -0.4 is 0 Å². The summed E-state index contributed by atoms with van der Waals surface area (Å²) in [5.41, 5.74) is 0. The number of nitrogens with zero attached hydrogens (tertiary/aromatic N) is 1. The van der Waals surface area contributed by atoms with Crippen molar-refractivity contribution in [3.05, 3.63) is 29.3 Å². The fourth-order valence-corrected chi connectivity index (χ4v) is 3.04. The van der Waals surface area contributed by atoms with E-state index < -0.39 is 9.84 Å². The van der Waals surface area contributed by atoms with E-state index in [1.165, 1.54) is 24.3 Å². The number of sulfone groups is 1. The number of hydrogen-bond donors (Lipinski definition) is 2. The second-order valence-corrected chi connectivity index (χ2v) is 6.61. The lowest BCUT2D eigenvalue weighted by Crippen LogP contribution is -2.34. The van der Waals surface area contributed by atoms with E-state index in [2.05, 4.69) is 0 Å². The van der Waals surface area contributed by atoms with E-state index in [4.69, 9.17) is 21.8 Å². The Bertz CT molecular complexity index is 469. The van der Waals surface area contributed by atoms with Crippen LogP contribution in [0.3, 0.4) is 0 Å². The first-order valence-electron chi connectivity index (χ1n) is 5.92. The molecule has 19 heavy (non-hydrogen) atoms. The van der Waals surface area contributed by atoms with Crippen LogP contribution >= 0.6 is 11.6 Å². The van der Waals surface area contributed by atoms with E-state index in [1.54, 1.807) is 4.90 Å². The summed E-state index contributed by atoms with van der Waals surface area (Å²) in [7, 11) is -3.37. The quantitative estimate of drug-likeness (QED) is 0.727. The summed E-state index contributed by atoms with van der Waals surface area (Å²) in [5, 5.41) is 18.2. The lowest BCUT2D eigenvalue weighted by Gasteiger charge is -2.19. The maximum absolute atomic E-state index is 12.1. The largest absolute Gasteiger partial charge is 0.395 e. The highest BCUT2D eigenvalue weighted by Crippen LogP contribution is 2.15. The van der Waals surface area contributed by atoms with Gasteiger partial charge in [-0.2, -0.15) is 0 Å². The zero-order valence-electron chi connectivity index (χ0n) is 10.5. The van der Waals surface area contributed by atoms with Gasteiger partial charge in [-0.3, -0.25) is 4.90 Å². The zero-order valence-corrected chi connectivity index (χ0v) is 12.1. The highest BCUT2D eigenvalue weighted by molar-refractivity contribution is 7.91. The smallest absolute Gasteiger partial charge is 0.179 e. The summed E-state index contributed by atoms with van der Waals surface area (Å²) < 4.78 is 24.1. The SMILES string of the molecule is O=S(=O)(CCN(CCO)CCO)c1ccc(Cl)cc1. The van der Waals surface area contributed by atoms with Crippen molar-refractivity contribution in [2.24, 2.45) is 0 Å². The van der Waals surface area contributed by atoms with Crippen molar-refractivity contribution in [1.29, 1.82) is 0 Å². The average molecular weight is 308 g/mol. The van der Waals surface area contributed by atoms with Crippen LogP contribution in [0, 0.1) is 0 Å². The summed E-state index contributed by atoms with van der Waals surface area (Å²) in [5.74, 6) is -0.0609. The van der Waals surface area contributed by atoms with E-state index in [0.717, 1.165) is 0 Å². The van der Waals surface area contributed by atoms with Gasteiger partial charge in [0, 0.05) is 24.7 Å². The Labute approximate surface area is 118 Å². The lowest BCUT2D eigenvalue weighted by molar-refractivity contribution is 0.167. The number of rotatable bonds is 8. The van der Waals surface area contributed by atoms with Crippen molar-refractivity contribution >= 4 is 21.4 Å². The molecule has 0 amide bonds. The minimum atomic E-state index is -3.37. The number of hydrogen-bond acceptors (Lipinski definition) is 5. The molecule has 5 nitrogen and oxygen atoms in total. The summed E-state index contributed by atoms with van der Waals surface area (Å²) in [4.78, 5) is 1.93. The first-order valence-corrected chi connectivity index (χ1v) is 7.95. The van der Waals surface area contributed by atoms with E-state index in [1.807, 2.05) is 0 Å². The molecule has 0 heterocycles. The van der Waals surface area contributed by atoms with Gasteiger partial charge in [-0.05, 0) is 24.3 Å². The molecular weight excluding hydrogens is 290 g/mol. The highest BCUT2D eigenvalue weighted by atomic mass is 35.5. The van der Waals surface area contributed by atoms with Gasteiger partial charge in [0.1, 0.15) is 0 Å². The summed E-state index contributed by atoms with van der Waals surface area (Å²) in [6.45, 7) is 0.821. The molecule has 0 spiro atoms. The van der Waals surface area contributed by atoms with Crippen LogP contribution in [-0.2, 0) is 9.84 Å². The second kappa shape index (κ2) is 7.81. The summed E-state index contributed by atoms with van der Waals surface area (Å²) >= 11 is 5.71. The van der Waals surface area contributed by atoms with Gasteiger partial charge in [0.2, 0.25) is 0 Å². The second-order valence-electron chi connectivity index (χ2n) is 4.06. The maximum Gasteiger partial charge on any atom is 0.179 e. The van der Waals surface area contributed by atoms with Crippen molar-refractivity contribution in [1.82, 2.24) is 4.90 Å². The van der Waals surface area contributed by atoms with Gasteiger partial charge in [0.05, 0.1) is 23.9 Å². The minimum absolute atomic E-state index is 0.0609. The fraction of sp³-hybridized carbons (Fsp3) is 0.500. The Balaban J connectivity index is 2.66. The zero-order chi connectivity index (χ0) is 14.3. The topological polar surface area (TPSA) is 77.8 Å². The first kappa shape index (κ1) is 16.4. The molecule has 0 saturated carbocycles. The molecule has 0 aliphatic rings. The predicted octanol–water partition coefficient (Wildman–Crippen LogP) is 0.400. The molecule has 0 atom stereocenters. The molecule has 0 unspecified atom stereocenters. The van der Waals surface area contributed by atoms with E-state index >= 15 is 0 Å². The normalized spacial score (nSPS) is 12.0. The Kier molecular flexibility index (Phi) is 6.74. The van der Waals surface area contributed by atoms with Crippen LogP contribution in [0.5, 0.6) is 0 Å². The minimum Gasteiger partial charge on any atom is -0.395 e. The van der Waals surface area contributed by atoms with Crippen LogP contribution in [0.4, 0.5) is 0 Å². The molecule has 1 aromatic rings. The van der Waals surface area contributed by atoms with Crippen LogP contribution in [0.1, 0.15) is 0 Å². The van der Waals surface area contributed by atoms with Gasteiger partial charge >= 0.3 is 0 Å². The van der Waals surface area contributed by atoms with Gasteiger partial charge in [0.15, 0.2) is 9.84 Å². The average Bonchev–Trinajstić information content (AvgIpc) is 2.37. The Hall–Kier alpha value is -0.660. The highest BCUT2D eigenvalue weighted by Gasteiger charge is 2.16. The van der Waals surface area contributed by atoms with Crippen molar-refractivity contribution in [3.63, 3.8) is 0 Å². The van der Waals surface area contributed by atoms with E-state index in [9.17, 15) is 8.42 Å². The monoisotopic (exact) mass is 307 g/mol. The van der Waals surface area contributed by atoms with Crippen LogP contribution in [0.25, 0.3) is 0 Å². The number of aliphatic hydroxyl groups is 2. The van der Waals surface area contributed by atoms with Crippen LogP contribution in [0.15, 0.2) is 29.2 Å².